The molecule has 0 bridgehead atoms. The number of ether oxygens (including phenoxy) is 1. The Morgan fingerprint density at radius 2 is 2.24 bits per heavy atom. The fourth-order valence-electron chi connectivity index (χ4n) is 2.77. The molecule has 94 valence electrons. The third-order valence-electron chi connectivity index (χ3n) is 3.74. The van der Waals surface area contributed by atoms with Crippen LogP contribution < -0.4 is 5.73 Å². The van der Waals surface area contributed by atoms with Crippen molar-refractivity contribution >= 4 is 0 Å². The van der Waals surface area contributed by atoms with Gasteiger partial charge in [0.25, 0.3) is 0 Å². The molecule has 0 amide bonds. The van der Waals surface area contributed by atoms with Crippen LogP contribution in [-0.4, -0.2) is 52.5 Å². The Balaban J connectivity index is 1.86. The van der Waals surface area contributed by atoms with Gasteiger partial charge in [0.2, 0.25) is 0 Å². The molecule has 2 N–H and O–H groups in total. The highest BCUT2D eigenvalue weighted by Crippen LogP contribution is 2.26. The second-order valence-corrected chi connectivity index (χ2v) is 5.00. The molecular formula is C11H19N5O. The lowest BCUT2D eigenvalue weighted by atomic mass is 9.91. The van der Waals surface area contributed by atoms with Crippen molar-refractivity contribution < 1.29 is 4.74 Å². The van der Waals surface area contributed by atoms with Gasteiger partial charge in [0.05, 0.1) is 6.61 Å². The van der Waals surface area contributed by atoms with Crippen molar-refractivity contribution in [2.75, 3.05) is 26.7 Å². The summed E-state index contributed by atoms with van der Waals surface area (Å²) in [7, 11) is 2.11. The highest BCUT2D eigenvalue weighted by molar-refractivity contribution is 5.08. The zero-order valence-electron chi connectivity index (χ0n) is 10.2. The number of piperidine rings is 1. The molecule has 1 aromatic heterocycles. The van der Waals surface area contributed by atoms with Crippen molar-refractivity contribution in [1.29, 1.82) is 0 Å². The molecule has 3 rings (SSSR count). The van der Waals surface area contributed by atoms with Crippen molar-refractivity contribution in [1.82, 2.24) is 19.7 Å². The van der Waals surface area contributed by atoms with E-state index in [1.54, 1.807) is 0 Å². The molecule has 3 heterocycles. The Labute approximate surface area is 101 Å². The topological polar surface area (TPSA) is 69.2 Å². The summed E-state index contributed by atoms with van der Waals surface area (Å²) >= 11 is 0. The summed E-state index contributed by atoms with van der Waals surface area (Å²) in [6.07, 6.45) is 1.07. The van der Waals surface area contributed by atoms with Gasteiger partial charge in [0, 0.05) is 25.0 Å². The van der Waals surface area contributed by atoms with E-state index in [1.807, 2.05) is 0 Å². The standard InChI is InChI=1S/C11H19N5O/c1-15-3-2-8(9(12)6-15)11-14-13-10-7-17-5-4-16(10)11/h8-9H,2-7,12H2,1H3. The van der Waals surface area contributed by atoms with E-state index in [-0.39, 0.29) is 6.04 Å². The van der Waals surface area contributed by atoms with Crippen LogP contribution in [0.2, 0.25) is 0 Å². The van der Waals surface area contributed by atoms with Crippen LogP contribution in [0.4, 0.5) is 0 Å². The lowest BCUT2D eigenvalue weighted by Gasteiger charge is -2.34. The number of likely N-dealkylation sites (N-methyl/N-ethyl adjacent to an activating group) is 1. The number of hydrogen-bond acceptors (Lipinski definition) is 5. The minimum absolute atomic E-state index is 0.157. The fraction of sp³-hybridized carbons (Fsp3) is 0.818. The quantitative estimate of drug-likeness (QED) is 0.717. The van der Waals surface area contributed by atoms with Crippen LogP contribution in [0, 0.1) is 0 Å². The molecule has 0 spiro atoms. The predicted octanol–water partition coefficient (Wildman–Crippen LogP) is -0.445. The molecule has 0 aliphatic carbocycles. The minimum Gasteiger partial charge on any atom is -0.372 e. The summed E-state index contributed by atoms with van der Waals surface area (Å²) in [6, 6.07) is 0.157. The number of hydrogen-bond donors (Lipinski definition) is 1. The molecule has 2 aliphatic heterocycles. The summed E-state index contributed by atoms with van der Waals surface area (Å²) in [6.45, 7) is 4.20. The van der Waals surface area contributed by atoms with E-state index in [0.717, 1.165) is 44.3 Å². The van der Waals surface area contributed by atoms with Crippen LogP contribution >= 0.6 is 0 Å². The summed E-state index contributed by atoms with van der Waals surface area (Å²) in [4.78, 5) is 2.28. The normalized spacial score (nSPS) is 30.2. The largest absolute Gasteiger partial charge is 0.372 e. The molecule has 0 radical (unpaired) electrons. The van der Waals surface area contributed by atoms with E-state index in [9.17, 15) is 0 Å². The highest BCUT2D eigenvalue weighted by atomic mass is 16.5. The summed E-state index contributed by atoms with van der Waals surface area (Å²) < 4.78 is 7.57. The molecule has 1 fully saturated rings. The van der Waals surface area contributed by atoms with Crippen molar-refractivity contribution in [2.24, 2.45) is 5.73 Å². The highest BCUT2D eigenvalue weighted by Gasteiger charge is 2.31. The number of aromatic nitrogens is 3. The second kappa shape index (κ2) is 4.36. The molecule has 17 heavy (non-hydrogen) atoms. The lowest BCUT2D eigenvalue weighted by molar-refractivity contribution is 0.0794. The number of nitrogens with zero attached hydrogens (tertiary/aromatic N) is 4. The van der Waals surface area contributed by atoms with Crippen LogP contribution in [0.3, 0.4) is 0 Å². The molecule has 2 aliphatic rings. The summed E-state index contributed by atoms with van der Waals surface area (Å²) in [5, 5.41) is 8.54. The van der Waals surface area contributed by atoms with Crippen LogP contribution in [-0.2, 0) is 17.9 Å². The number of likely N-dealkylation sites (tertiary alicyclic amines) is 1. The van der Waals surface area contributed by atoms with Gasteiger partial charge in [-0.1, -0.05) is 0 Å². The van der Waals surface area contributed by atoms with Gasteiger partial charge in [0.15, 0.2) is 5.82 Å². The Bertz CT molecular complexity index is 405. The molecule has 1 saturated heterocycles. The third kappa shape index (κ3) is 1.96. The lowest BCUT2D eigenvalue weighted by Crippen LogP contribution is -2.46. The van der Waals surface area contributed by atoms with E-state index in [0.29, 0.717) is 12.5 Å². The van der Waals surface area contributed by atoms with Gasteiger partial charge in [-0.3, -0.25) is 0 Å². The number of nitrogens with two attached hydrogens (primary N) is 1. The summed E-state index contributed by atoms with van der Waals surface area (Å²) in [5.74, 6) is 2.34. The average molecular weight is 237 g/mol. The maximum absolute atomic E-state index is 6.24. The third-order valence-corrected chi connectivity index (χ3v) is 3.74. The first-order valence-electron chi connectivity index (χ1n) is 6.19. The Morgan fingerprint density at radius 1 is 1.35 bits per heavy atom. The van der Waals surface area contributed by atoms with E-state index < -0.39 is 0 Å². The zero-order valence-corrected chi connectivity index (χ0v) is 10.2. The van der Waals surface area contributed by atoms with Crippen molar-refractivity contribution in [3.8, 4) is 0 Å². The van der Waals surface area contributed by atoms with Crippen molar-refractivity contribution in [2.45, 2.75) is 31.5 Å². The molecule has 6 heteroatoms. The molecule has 2 unspecified atom stereocenters. The molecule has 0 aromatic carbocycles. The average Bonchev–Trinajstić information content (AvgIpc) is 2.73. The van der Waals surface area contributed by atoms with Gasteiger partial charge < -0.3 is 19.9 Å². The number of fused-ring (bicyclic) bond motifs is 1. The first-order chi connectivity index (χ1) is 8.25. The van der Waals surface area contributed by atoms with E-state index in [4.69, 9.17) is 10.5 Å². The Kier molecular flexibility index (Phi) is 2.85. The molecule has 6 nitrogen and oxygen atoms in total. The van der Waals surface area contributed by atoms with Crippen LogP contribution in [0.5, 0.6) is 0 Å². The van der Waals surface area contributed by atoms with Crippen LogP contribution in [0.15, 0.2) is 0 Å². The van der Waals surface area contributed by atoms with E-state index >= 15 is 0 Å². The van der Waals surface area contributed by atoms with E-state index in [2.05, 4.69) is 26.7 Å². The second-order valence-electron chi connectivity index (χ2n) is 5.00. The molecule has 0 saturated carbocycles. The molecule has 1 aromatic rings. The maximum atomic E-state index is 6.24. The van der Waals surface area contributed by atoms with Crippen LogP contribution in [0.25, 0.3) is 0 Å². The van der Waals surface area contributed by atoms with E-state index in [1.165, 1.54) is 0 Å². The fourth-order valence-corrected chi connectivity index (χ4v) is 2.77. The molecule has 2 atom stereocenters. The van der Waals surface area contributed by atoms with Gasteiger partial charge in [-0.05, 0) is 20.0 Å². The molecular weight excluding hydrogens is 218 g/mol. The Hall–Kier alpha value is -0.980. The smallest absolute Gasteiger partial charge is 0.159 e. The van der Waals surface area contributed by atoms with Gasteiger partial charge in [0.1, 0.15) is 12.4 Å². The number of rotatable bonds is 1. The van der Waals surface area contributed by atoms with Crippen molar-refractivity contribution in [3.05, 3.63) is 11.6 Å². The maximum Gasteiger partial charge on any atom is 0.159 e. The first-order valence-corrected chi connectivity index (χ1v) is 6.19. The van der Waals surface area contributed by atoms with Crippen LogP contribution in [0.1, 0.15) is 24.0 Å². The van der Waals surface area contributed by atoms with Gasteiger partial charge in [-0.2, -0.15) is 0 Å². The summed E-state index contributed by atoms with van der Waals surface area (Å²) in [5.41, 5.74) is 6.24. The van der Waals surface area contributed by atoms with Crippen molar-refractivity contribution in [3.63, 3.8) is 0 Å². The van der Waals surface area contributed by atoms with Gasteiger partial charge in [-0.15, -0.1) is 10.2 Å². The Morgan fingerprint density at radius 3 is 3.06 bits per heavy atom. The SMILES string of the molecule is CN1CCC(c2nnc3n2CCOC3)C(N)C1. The predicted molar refractivity (Wildman–Crippen MR) is 62.5 cm³/mol. The zero-order chi connectivity index (χ0) is 11.8. The monoisotopic (exact) mass is 237 g/mol. The minimum atomic E-state index is 0.157. The van der Waals surface area contributed by atoms with Gasteiger partial charge >= 0.3 is 0 Å². The van der Waals surface area contributed by atoms with Gasteiger partial charge in [-0.25, -0.2) is 0 Å². The first kappa shape index (κ1) is 11.1.